The molecule has 0 saturated heterocycles. The van der Waals surface area contributed by atoms with Gasteiger partial charge in [-0.3, -0.25) is 10.1 Å². The van der Waals surface area contributed by atoms with Crippen LogP contribution in [0.15, 0.2) is 34.9 Å². The number of aryl methyl sites for hydroxylation is 2. The van der Waals surface area contributed by atoms with Crippen LogP contribution >= 0.6 is 0 Å². The molecule has 0 saturated carbocycles. The van der Waals surface area contributed by atoms with Gasteiger partial charge in [0.15, 0.2) is 0 Å². The Bertz CT molecular complexity index is 549. The van der Waals surface area contributed by atoms with Gasteiger partial charge in [0.25, 0.3) is 0 Å². The monoisotopic (exact) mass is 245 g/mol. The summed E-state index contributed by atoms with van der Waals surface area (Å²) < 4.78 is 5.04. The van der Waals surface area contributed by atoms with Crippen molar-refractivity contribution in [3.63, 3.8) is 0 Å². The molecule has 1 aromatic carbocycles. The SMILES string of the molecule is Cc1coc(NC(=O)CCc2ccccc2N)n1. The molecular weight excluding hydrogens is 230 g/mol. The molecule has 1 heterocycles. The highest BCUT2D eigenvalue weighted by Gasteiger charge is 2.07. The number of aromatic nitrogens is 1. The number of carbonyl (C=O) groups is 1. The largest absolute Gasteiger partial charge is 0.432 e. The van der Waals surface area contributed by atoms with E-state index in [1.807, 2.05) is 24.3 Å². The zero-order valence-electron chi connectivity index (χ0n) is 10.1. The van der Waals surface area contributed by atoms with Gasteiger partial charge in [-0.2, -0.15) is 4.98 Å². The van der Waals surface area contributed by atoms with Gasteiger partial charge in [-0.15, -0.1) is 0 Å². The molecule has 5 nitrogen and oxygen atoms in total. The number of amides is 1. The van der Waals surface area contributed by atoms with Crippen LogP contribution in [0, 0.1) is 6.92 Å². The lowest BCUT2D eigenvalue weighted by atomic mass is 10.1. The molecule has 0 spiro atoms. The first-order valence-corrected chi connectivity index (χ1v) is 5.70. The van der Waals surface area contributed by atoms with Gasteiger partial charge in [-0.05, 0) is 25.0 Å². The van der Waals surface area contributed by atoms with Crippen LogP contribution in [0.1, 0.15) is 17.7 Å². The molecule has 18 heavy (non-hydrogen) atoms. The Labute approximate surface area is 105 Å². The Morgan fingerprint density at radius 1 is 1.44 bits per heavy atom. The fourth-order valence-electron chi connectivity index (χ4n) is 1.60. The van der Waals surface area contributed by atoms with Crippen molar-refractivity contribution in [2.24, 2.45) is 0 Å². The fourth-order valence-corrected chi connectivity index (χ4v) is 1.60. The molecule has 3 N–H and O–H groups in total. The van der Waals surface area contributed by atoms with Crippen LogP contribution in [0.5, 0.6) is 0 Å². The van der Waals surface area contributed by atoms with Crippen LogP contribution in [-0.2, 0) is 11.2 Å². The van der Waals surface area contributed by atoms with Crippen LogP contribution in [0.3, 0.4) is 0 Å². The summed E-state index contributed by atoms with van der Waals surface area (Å²) in [4.78, 5) is 15.7. The standard InChI is InChI=1S/C13H15N3O2/c1-9-8-18-13(15-9)16-12(17)7-6-10-4-2-3-5-11(10)14/h2-5,8H,6-7,14H2,1H3,(H,15,16,17). The molecule has 0 aliphatic carbocycles. The molecule has 0 aliphatic rings. The summed E-state index contributed by atoms with van der Waals surface area (Å²) in [6, 6.07) is 7.75. The molecule has 94 valence electrons. The van der Waals surface area contributed by atoms with Crippen LogP contribution in [0.25, 0.3) is 0 Å². The first-order chi connectivity index (χ1) is 8.65. The van der Waals surface area contributed by atoms with Crippen LogP contribution in [0.4, 0.5) is 11.7 Å². The summed E-state index contributed by atoms with van der Waals surface area (Å²) in [5.41, 5.74) is 8.21. The van der Waals surface area contributed by atoms with Gasteiger partial charge in [0.2, 0.25) is 5.91 Å². The number of carbonyl (C=O) groups excluding carboxylic acids is 1. The minimum absolute atomic E-state index is 0.139. The van der Waals surface area contributed by atoms with Crippen LogP contribution in [0.2, 0.25) is 0 Å². The second-order valence-electron chi connectivity index (χ2n) is 4.04. The molecule has 0 fully saturated rings. The van der Waals surface area contributed by atoms with Crippen molar-refractivity contribution in [2.45, 2.75) is 19.8 Å². The van der Waals surface area contributed by atoms with Crippen molar-refractivity contribution >= 4 is 17.6 Å². The summed E-state index contributed by atoms with van der Waals surface area (Å²) in [5, 5.41) is 2.59. The highest BCUT2D eigenvalue weighted by molar-refractivity contribution is 5.88. The number of rotatable bonds is 4. The highest BCUT2D eigenvalue weighted by atomic mass is 16.4. The molecule has 0 unspecified atom stereocenters. The van der Waals surface area contributed by atoms with Gasteiger partial charge in [0.05, 0.1) is 5.69 Å². The van der Waals surface area contributed by atoms with E-state index in [4.69, 9.17) is 10.2 Å². The zero-order chi connectivity index (χ0) is 13.0. The lowest BCUT2D eigenvalue weighted by Crippen LogP contribution is -2.13. The van der Waals surface area contributed by atoms with E-state index in [1.54, 1.807) is 6.92 Å². The minimum atomic E-state index is -0.139. The van der Waals surface area contributed by atoms with Gasteiger partial charge in [0, 0.05) is 12.1 Å². The number of hydrogen-bond donors (Lipinski definition) is 2. The number of oxazole rings is 1. The van der Waals surface area contributed by atoms with Crippen molar-refractivity contribution in [1.82, 2.24) is 4.98 Å². The van der Waals surface area contributed by atoms with E-state index in [1.165, 1.54) is 6.26 Å². The third kappa shape index (κ3) is 3.10. The minimum Gasteiger partial charge on any atom is -0.432 e. The quantitative estimate of drug-likeness (QED) is 0.808. The van der Waals surface area contributed by atoms with Crippen molar-refractivity contribution < 1.29 is 9.21 Å². The topological polar surface area (TPSA) is 81.2 Å². The predicted molar refractivity (Wildman–Crippen MR) is 69.0 cm³/mol. The van der Waals surface area contributed by atoms with Gasteiger partial charge < -0.3 is 10.2 Å². The van der Waals surface area contributed by atoms with E-state index in [0.29, 0.717) is 18.5 Å². The molecule has 1 aromatic heterocycles. The maximum Gasteiger partial charge on any atom is 0.301 e. The summed E-state index contributed by atoms with van der Waals surface area (Å²) in [6.45, 7) is 1.80. The summed E-state index contributed by atoms with van der Waals surface area (Å²) in [5.74, 6) is -0.139. The second kappa shape index (κ2) is 5.35. The Morgan fingerprint density at radius 3 is 2.89 bits per heavy atom. The normalized spacial score (nSPS) is 10.3. The van der Waals surface area contributed by atoms with E-state index in [0.717, 1.165) is 11.3 Å². The van der Waals surface area contributed by atoms with Crippen LogP contribution < -0.4 is 11.1 Å². The first kappa shape index (κ1) is 12.2. The van der Waals surface area contributed by atoms with Crippen LogP contribution in [-0.4, -0.2) is 10.9 Å². The number of nitrogens with two attached hydrogens (primary N) is 1. The predicted octanol–water partition coefficient (Wildman–Crippen LogP) is 2.14. The van der Waals surface area contributed by atoms with Gasteiger partial charge in [-0.1, -0.05) is 18.2 Å². The zero-order valence-corrected chi connectivity index (χ0v) is 10.1. The number of anilines is 2. The molecule has 2 rings (SSSR count). The summed E-state index contributed by atoms with van der Waals surface area (Å²) in [6.07, 6.45) is 2.43. The van der Waals surface area contributed by atoms with Crippen molar-refractivity contribution in [3.8, 4) is 0 Å². The van der Waals surface area contributed by atoms with Gasteiger partial charge >= 0.3 is 6.01 Å². The Hall–Kier alpha value is -2.30. The lowest BCUT2D eigenvalue weighted by Gasteiger charge is -2.04. The van der Waals surface area contributed by atoms with Crippen molar-refractivity contribution in [2.75, 3.05) is 11.1 Å². The second-order valence-corrected chi connectivity index (χ2v) is 4.04. The number of hydrogen-bond acceptors (Lipinski definition) is 4. The lowest BCUT2D eigenvalue weighted by molar-refractivity contribution is -0.116. The van der Waals surface area contributed by atoms with Gasteiger partial charge in [0.1, 0.15) is 6.26 Å². The Kier molecular flexibility index (Phi) is 3.62. The molecular formula is C13H15N3O2. The van der Waals surface area contributed by atoms with Crippen molar-refractivity contribution in [3.05, 3.63) is 41.8 Å². The molecule has 0 bridgehead atoms. The maximum absolute atomic E-state index is 11.7. The number of nitrogens with zero attached hydrogens (tertiary/aromatic N) is 1. The molecule has 0 aliphatic heterocycles. The molecule has 0 atom stereocenters. The van der Waals surface area contributed by atoms with Gasteiger partial charge in [-0.25, -0.2) is 0 Å². The number of nitrogen functional groups attached to an aromatic ring is 1. The average molecular weight is 245 g/mol. The number of para-hydroxylation sites is 1. The molecule has 1 amide bonds. The summed E-state index contributed by atoms with van der Waals surface area (Å²) >= 11 is 0. The molecule has 0 radical (unpaired) electrons. The summed E-state index contributed by atoms with van der Waals surface area (Å²) in [7, 11) is 0. The third-order valence-electron chi connectivity index (χ3n) is 2.54. The van der Waals surface area contributed by atoms with Crippen molar-refractivity contribution in [1.29, 1.82) is 0 Å². The highest BCUT2D eigenvalue weighted by Crippen LogP contribution is 2.13. The Balaban J connectivity index is 1.87. The van der Waals surface area contributed by atoms with E-state index in [2.05, 4.69) is 10.3 Å². The average Bonchev–Trinajstić information content (AvgIpc) is 2.74. The van der Waals surface area contributed by atoms with E-state index >= 15 is 0 Å². The van der Waals surface area contributed by atoms with E-state index in [9.17, 15) is 4.79 Å². The number of benzene rings is 1. The third-order valence-corrected chi connectivity index (χ3v) is 2.54. The van der Waals surface area contributed by atoms with E-state index in [-0.39, 0.29) is 11.9 Å². The fraction of sp³-hybridized carbons (Fsp3) is 0.231. The molecule has 5 heteroatoms. The Morgan fingerprint density at radius 2 is 2.22 bits per heavy atom. The smallest absolute Gasteiger partial charge is 0.301 e. The number of nitrogens with one attached hydrogen (secondary N) is 1. The van der Waals surface area contributed by atoms with E-state index < -0.39 is 0 Å². The molecule has 2 aromatic rings. The maximum atomic E-state index is 11.7. The first-order valence-electron chi connectivity index (χ1n) is 5.70.